The maximum atomic E-state index is 11.0. The number of rotatable bonds is 5. The molecule has 0 spiro atoms. The molecule has 0 rings (SSSR count). The van der Waals surface area contributed by atoms with Crippen molar-refractivity contribution in [1.29, 1.82) is 0 Å². The second kappa shape index (κ2) is 4.91. The largest absolute Gasteiger partial charge is 0.465 e. The molecule has 0 radical (unpaired) electrons. The van der Waals surface area contributed by atoms with Crippen LogP contribution >= 0.6 is 0 Å². The van der Waals surface area contributed by atoms with Crippen LogP contribution in [-0.4, -0.2) is 36.7 Å². The number of hydrogen-bond donors (Lipinski definition) is 2. The number of hydrogen-bond acceptors (Lipinski definition) is 5. The lowest BCUT2D eigenvalue weighted by Crippen LogP contribution is -2.35. The van der Waals surface area contributed by atoms with Crippen molar-refractivity contribution in [2.45, 2.75) is 18.6 Å². The third-order valence-electron chi connectivity index (χ3n) is 1.30. The molecule has 0 aliphatic carbocycles. The molecule has 1 unspecified atom stereocenters. The number of amides is 1. The first kappa shape index (κ1) is 12.8. The number of primary amides is 1. The summed E-state index contributed by atoms with van der Waals surface area (Å²) < 4.78 is 34.2. The van der Waals surface area contributed by atoms with Crippen LogP contribution in [0.15, 0.2) is 0 Å². The van der Waals surface area contributed by atoms with Crippen molar-refractivity contribution in [3.8, 4) is 0 Å². The van der Waals surface area contributed by atoms with E-state index in [1.807, 2.05) is 0 Å². The summed E-state index contributed by atoms with van der Waals surface area (Å²) in [5, 5.41) is -1.93. The third kappa shape index (κ3) is 4.19. The third-order valence-corrected chi connectivity index (χ3v) is 2.37. The van der Waals surface area contributed by atoms with Crippen LogP contribution in [0.3, 0.4) is 0 Å². The maximum Gasteiger partial charge on any atom is 0.327 e. The van der Waals surface area contributed by atoms with Gasteiger partial charge in [-0.2, -0.15) is 8.42 Å². The highest BCUT2D eigenvalue weighted by atomic mass is 32.2. The Hall–Kier alpha value is -1.15. The molecule has 0 heterocycles. The molecule has 0 saturated heterocycles. The number of nitrogens with two attached hydrogens (primary N) is 1. The molecule has 1 amide bonds. The van der Waals surface area contributed by atoms with Gasteiger partial charge < -0.3 is 10.5 Å². The Morgan fingerprint density at radius 3 is 2.29 bits per heavy atom. The fraction of sp³-hybridized carbons (Fsp3) is 0.667. The zero-order valence-corrected chi connectivity index (χ0v) is 8.28. The first-order chi connectivity index (χ1) is 6.29. The monoisotopic (exact) mass is 225 g/mol. The van der Waals surface area contributed by atoms with Gasteiger partial charge in [0, 0.05) is 0 Å². The minimum absolute atomic E-state index is 0.0520. The van der Waals surface area contributed by atoms with Crippen molar-refractivity contribution >= 4 is 22.0 Å². The molecule has 0 aliphatic rings. The lowest BCUT2D eigenvalue weighted by molar-refractivity contribution is -0.143. The van der Waals surface area contributed by atoms with Gasteiger partial charge in [0.25, 0.3) is 10.1 Å². The predicted molar refractivity (Wildman–Crippen MR) is 45.8 cm³/mol. The Bertz CT molecular complexity index is 321. The normalized spacial score (nSPS) is 13.3. The van der Waals surface area contributed by atoms with Crippen LogP contribution < -0.4 is 5.73 Å². The van der Waals surface area contributed by atoms with E-state index in [0.717, 1.165) is 0 Å². The molecular formula is C6H11NO6S. The SMILES string of the molecule is CCOC(=O)C(CC(N)=O)S(=O)(=O)O. The van der Waals surface area contributed by atoms with Gasteiger partial charge in [-0.05, 0) is 6.92 Å². The van der Waals surface area contributed by atoms with Crippen molar-refractivity contribution in [2.24, 2.45) is 5.73 Å². The van der Waals surface area contributed by atoms with Gasteiger partial charge in [0.2, 0.25) is 5.91 Å². The maximum absolute atomic E-state index is 11.0. The topological polar surface area (TPSA) is 124 Å². The molecule has 0 aliphatic heterocycles. The van der Waals surface area contributed by atoms with E-state index < -0.39 is 33.7 Å². The molecule has 0 aromatic rings. The van der Waals surface area contributed by atoms with Crippen molar-refractivity contribution in [3.63, 3.8) is 0 Å². The van der Waals surface area contributed by atoms with E-state index >= 15 is 0 Å². The fourth-order valence-corrected chi connectivity index (χ4v) is 1.41. The number of esters is 1. The summed E-state index contributed by atoms with van der Waals surface area (Å²) in [6, 6.07) is 0. The molecule has 82 valence electrons. The second-order valence-corrected chi connectivity index (χ2v) is 4.03. The molecule has 0 saturated carbocycles. The summed E-state index contributed by atoms with van der Waals surface area (Å²) in [4.78, 5) is 21.4. The van der Waals surface area contributed by atoms with Gasteiger partial charge in [0.1, 0.15) is 0 Å². The summed E-state index contributed by atoms with van der Waals surface area (Å²) in [7, 11) is -4.66. The highest BCUT2D eigenvalue weighted by Gasteiger charge is 2.33. The number of carbonyl (C=O) groups excluding carboxylic acids is 2. The van der Waals surface area contributed by atoms with Crippen molar-refractivity contribution in [3.05, 3.63) is 0 Å². The highest BCUT2D eigenvalue weighted by molar-refractivity contribution is 7.87. The van der Waals surface area contributed by atoms with Crippen LogP contribution in [0.1, 0.15) is 13.3 Å². The Balaban J connectivity index is 4.74. The van der Waals surface area contributed by atoms with Crippen LogP contribution in [0.5, 0.6) is 0 Å². The zero-order chi connectivity index (χ0) is 11.4. The van der Waals surface area contributed by atoms with Crippen molar-refractivity contribution < 1.29 is 27.3 Å². The van der Waals surface area contributed by atoms with Crippen molar-refractivity contribution in [2.75, 3.05) is 6.61 Å². The first-order valence-electron chi connectivity index (χ1n) is 3.70. The lowest BCUT2D eigenvalue weighted by atomic mass is 10.3. The van der Waals surface area contributed by atoms with Gasteiger partial charge in [0.05, 0.1) is 13.0 Å². The van der Waals surface area contributed by atoms with E-state index in [1.165, 1.54) is 6.92 Å². The summed E-state index contributed by atoms with van der Waals surface area (Å²) in [6.45, 7) is 1.41. The molecule has 0 bridgehead atoms. The van der Waals surface area contributed by atoms with E-state index in [0.29, 0.717) is 0 Å². The molecular weight excluding hydrogens is 214 g/mol. The second-order valence-electron chi connectivity index (χ2n) is 2.43. The summed E-state index contributed by atoms with van der Waals surface area (Å²) in [5.41, 5.74) is 4.70. The lowest BCUT2D eigenvalue weighted by Gasteiger charge is -2.10. The molecule has 8 heteroatoms. The molecule has 7 nitrogen and oxygen atoms in total. The minimum atomic E-state index is -4.66. The van der Waals surface area contributed by atoms with Crippen LogP contribution in [0.2, 0.25) is 0 Å². The van der Waals surface area contributed by atoms with Gasteiger partial charge in [-0.3, -0.25) is 14.1 Å². The molecule has 0 aromatic carbocycles. The minimum Gasteiger partial charge on any atom is -0.465 e. The molecule has 14 heavy (non-hydrogen) atoms. The molecule has 0 fully saturated rings. The Morgan fingerprint density at radius 1 is 1.50 bits per heavy atom. The van der Waals surface area contributed by atoms with Gasteiger partial charge in [-0.1, -0.05) is 0 Å². The van der Waals surface area contributed by atoms with Gasteiger partial charge in [-0.15, -0.1) is 0 Å². The van der Waals surface area contributed by atoms with Gasteiger partial charge in [0.15, 0.2) is 5.25 Å². The Labute approximate surface area is 81.0 Å². The van der Waals surface area contributed by atoms with E-state index in [2.05, 4.69) is 4.74 Å². The summed E-state index contributed by atoms with van der Waals surface area (Å²) in [6.07, 6.45) is -0.794. The number of carbonyl (C=O) groups is 2. The predicted octanol–water partition coefficient (Wildman–Crippen LogP) is -1.32. The molecule has 3 N–H and O–H groups in total. The Kier molecular flexibility index (Phi) is 4.51. The van der Waals surface area contributed by atoms with Crippen LogP contribution in [0.25, 0.3) is 0 Å². The van der Waals surface area contributed by atoms with E-state index in [-0.39, 0.29) is 6.61 Å². The Morgan fingerprint density at radius 2 is 2.00 bits per heavy atom. The van der Waals surface area contributed by atoms with Crippen molar-refractivity contribution in [1.82, 2.24) is 0 Å². The van der Waals surface area contributed by atoms with E-state index in [9.17, 15) is 18.0 Å². The standard InChI is InChI=1S/C6H11NO6S/c1-2-13-6(9)4(3-5(7)8)14(10,11)12/h4H,2-3H2,1H3,(H2,7,8)(H,10,11,12). The van der Waals surface area contributed by atoms with E-state index in [4.69, 9.17) is 10.3 Å². The van der Waals surface area contributed by atoms with Crippen LogP contribution in [-0.2, 0) is 24.4 Å². The van der Waals surface area contributed by atoms with E-state index in [1.54, 1.807) is 0 Å². The average Bonchev–Trinajstić information content (AvgIpc) is 1.98. The van der Waals surface area contributed by atoms with Gasteiger partial charge >= 0.3 is 5.97 Å². The fourth-order valence-electron chi connectivity index (χ4n) is 0.728. The van der Waals surface area contributed by atoms with Crippen LogP contribution in [0.4, 0.5) is 0 Å². The number of ether oxygens (including phenoxy) is 1. The zero-order valence-electron chi connectivity index (χ0n) is 7.47. The van der Waals surface area contributed by atoms with Gasteiger partial charge in [-0.25, -0.2) is 0 Å². The molecule has 1 atom stereocenters. The average molecular weight is 225 g/mol. The summed E-state index contributed by atoms with van der Waals surface area (Å²) >= 11 is 0. The summed E-state index contributed by atoms with van der Waals surface area (Å²) in [5.74, 6) is -2.20. The quantitative estimate of drug-likeness (QED) is 0.441. The first-order valence-corrected chi connectivity index (χ1v) is 5.20. The smallest absolute Gasteiger partial charge is 0.327 e. The molecule has 0 aromatic heterocycles. The van der Waals surface area contributed by atoms with Crippen LogP contribution in [0, 0.1) is 0 Å². The highest BCUT2D eigenvalue weighted by Crippen LogP contribution is 2.06.